The third-order valence-electron chi connectivity index (χ3n) is 13.4. The highest BCUT2D eigenvalue weighted by Crippen LogP contribution is 2.67. The van der Waals surface area contributed by atoms with Gasteiger partial charge in [0.1, 0.15) is 0 Å². The maximum absolute atomic E-state index is 2.45. The molecular formula is C64H48. The van der Waals surface area contributed by atoms with Gasteiger partial charge in [-0.1, -0.05) is 255 Å². The van der Waals surface area contributed by atoms with E-state index in [1.807, 2.05) is 0 Å². The first kappa shape index (κ1) is 39.1. The molecule has 4 atom stereocenters. The van der Waals surface area contributed by atoms with Crippen molar-refractivity contribution in [2.75, 3.05) is 0 Å². The minimum Gasteiger partial charge on any atom is -0.0619 e. The Hall–Kier alpha value is -7.80. The number of benzene rings is 8. The summed E-state index contributed by atoms with van der Waals surface area (Å²) in [5.74, 6) is 0.793. The molecule has 0 aromatic heterocycles. The second-order valence-electron chi connectivity index (χ2n) is 17.3. The SMILES string of the molecule is C1=C/c2ccccc2/C=C/c2cccc(c2)C2C3c4cccc(c4)/C=C/c4ccccc4/C=C/c4cccc(c4)/C=C/c4ccccc4C3C2c2ccccc2/C=C/c2cccc/1c2. The van der Waals surface area contributed by atoms with E-state index in [-0.39, 0.29) is 23.7 Å². The molecule has 0 radical (unpaired) electrons. The molecule has 8 aromatic carbocycles. The van der Waals surface area contributed by atoms with Crippen molar-refractivity contribution in [3.8, 4) is 0 Å². The minimum absolute atomic E-state index is 0.193. The van der Waals surface area contributed by atoms with Crippen LogP contribution < -0.4 is 0 Å². The lowest BCUT2D eigenvalue weighted by Gasteiger charge is -2.54. The second kappa shape index (κ2) is 17.5. The smallest absolute Gasteiger partial charge is 0.000590 e. The van der Waals surface area contributed by atoms with E-state index >= 15 is 0 Å². The Morgan fingerprint density at radius 3 is 0.797 bits per heavy atom. The van der Waals surface area contributed by atoms with Gasteiger partial charge in [-0.15, -0.1) is 0 Å². The summed E-state index contributed by atoms with van der Waals surface area (Å²) in [6, 6.07) is 72.0. The largest absolute Gasteiger partial charge is 0.0619 e. The van der Waals surface area contributed by atoms with Crippen LogP contribution in [0.15, 0.2) is 194 Å². The van der Waals surface area contributed by atoms with Gasteiger partial charge in [0.2, 0.25) is 0 Å². The first-order valence-corrected chi connectivity index (χ1v) is 22.5. The molecule has 11 rings (SSSR count). The summed E-state index contributed by atoms with van der Waals surface area (Å²) in [5, 5.41) is 0. The summed E-state index contributed by atoms with van der Waals surface area (Å²) in [6.45, 7) is 0. The number of rotatable bonds is 0. The van der Waals surface area contributed by atoms with Crippen LogP contribution in [0, 0.1) is 0 Å². The Bertz CT molecular complexity index is 2980. The van der Waals surface area contributed by atoms with Crippen molar-refractivity contribution < 1.29 is 0 Å². The molecule has 0 aliphatic heterocycles. The van der Waals surface area contributed by atoms with E-state index in [1.54, 1.807) is 0 Å². The van der Waals surface area contributed by atoms with Crippen LogP contribution in [0.25, 0.3) is 72.9 Å². The van der Waals surface area contributed by atoms with Crippen molar-refractivity contribution >= 4 is 72.9 Å². The summed E-state index contributed by atoms with van der Waals surface area (Å²) >= 11 is 0. The average molecular weight is 817 g/mol. The lowest BCUT2D eigenvalue weighted by Crippen LogP contribution is -2.40. The molecule has 0 N–H and O–H groups in total. The minimum atomic E-state index is 0.193. The van der Waals surface area contributed by atoms with E-state index in [9.17, 15) is 0 Å². The molecule has 4 unspecified atom stereocenters. The van der Waals surface area contributed by atoms with Gasteiger partial charge in [0, 0.05) is 0 Å². The average Bonchev–Trinajstić information content (AvgIpc) is 3.33. The summed E-state index contributed by atoms with van der Waals surface area (Å²) in [5.41, 5.74) is 19.9. The van der Waals surface area contributed by atoms with Crippen LogP contribution in [0.2, 0.25) is 0 Å². The van der Waals surface area contributed by atoms with Gasteiger partial charge in [-0.25, -0.2) is 0 Å². The number of hydrogen-bond acceptors (Lipinski definition) is 0. The molecular weight excluding hydrogens is 769 g/mol. The maximum atomic E-state index is 2.45. The fourth-order valence-corrected chi connectivity index (χ4v) is 10.3. The predicted octanol–water partition coefficient (Wildman–Crippen LogP) is 16.8. The third-order valence-corrected chi connectivity index (χ3v) is 13.4. The van der Waals surface area contributed by atoms with Crippen molar-refractivity contribution in [2.24, 2.45) is 0 Å². The third kappa shape index (κ3) is 8.03. The molecule has 8 bridgehead atoms. The first-order valence-electron chi connectivity index (χ1n) is 22.5. The van der Waals surface area contributed by atoms with Crippen LogP contribution in [0.3, 0.4) is 0 Å². The van der Waals surface area contributed by atoms with Gasteiger partial charge in [0.15, 0.2) is 0 Å². The summed E-state index contributed by atoms with van der Waals surface area (Å²) in [6.07, 6.45) is 27.3. The van der Waals surface area contributed by atoms with Crippen molar-refractivity contribution in [1.29, 1.82) is 0 Å². The molecule has 1 fully saturated rings. The van der Waals surface area contributed by atoms with Crippen molar-refractivity contribution in [3.63, 3.8) is 0 Å². The topological polar surface area (TPSA) is 0 Å². The van der Waals surface area contributed by atoms with Crippen LogP contribution in [0.4, 0.5) is 0 Å². The molecule has 1 saturated carbocycles. The molecule has 8 aromatic rings. The zero-order valence-electron chi connectivity index (χ0n) is 35.7. The van der Waals surface area contributed by atoms with Gasteiger partial charge < -0.3 is 0 Å². The summed E-state index contributed by atoms with van der Waals surface area (Å²) < 4.78 is 0. The van der Waals surface area contributed by atoms with Crippen molar-refractivity contribution in [1.82, 2.24) is 0 Å². The van der Waals surface area contributed by atoms with Gasteiger partial charge in [-0.05, 0) is 125 Å². The number of hydrogen-bond donors (Lipinski definition) is 0. The van der Waals surface area contributed by atoms with Gasteiger partial charge in [-0.3, -0.25) is 0 Å². The molecule has 0 heteroatoms. The van der Waals surface area contributed by atoms with Crippen LogP contribution in [-0.2, 0) is 0 Å². The van der Waals surface area contributed by atoms with Crippen molar-refractivity contribution in [3.05, 3.63) is 283 Å². The molecule has 0 heterocycles. The Morgan fingerprint density at radius 1 is 0.188 bits per heavy atom. The predicted molar refractivity (Wildman–Crippen MR) is 276 cm³/mol. The molecule has 0 saturated heterocycles. The van der Waals surface area contributed by atoms with Crippen molar-refractivity contribution in [2.45, 2.75) is 23.7 Å². The van der Waals surface area contributed by atoms with Gasteiger partial charge in [0.25, 0.3) is 0 Å². The van der Waals surface area contributed by atoms with Crippen LogP contribution in [0.5, 0.6) is 0 Å². The Kier molecular flexibility index (Phi) is 10.7. The fraction of sp³-hybridized carbons (Fsp3) is 0.0625. The Labute approximate surface area is 378 Å². The monoisotopic (exact) mass is 816 g/mol. The normalized spacial score (nSPS) is 21.2. The van der Waals surface area contributed by atoms with Crippen LogP contribution in [-0.4, -0.2) is 0 Å². The van der Waals surface area contributed by atoms with Gasteiger partial charge in [-0.2, -0.15) is 0 Å². The molecule has 3 aliphatic rings. The summed E-state index contributed by atoms with van der Waals surface area (Å²) in [7, 11) is 0. The molecule has 0 spiro atoms. The zero-order chi connectivity index (χ0) is 42.7. The maximum Gasteiger partial charge on any atom is -0.000590 e. The Balaban J connectivity index is 1.14. The van der Waals surface area contributed by atoms with E-state index in [1.165, 1.54) is 89.0 Å². The molecule has 304 valence electrons. The lowest BCUT2D eigenvalue weighted by molar-refractivity contribution is 0.228. The highest BCUT2D eigenvalue weighted by molar-refractivity contribution is 5.83. The van der Waals surface area contributed by atoms with E-state index in [4.69, 9.17) is 0 Å². The first-order chi connectivity index (χ1) is 31.7. The van der Waals surface area contributed by atoms with Gasteiger partial charge >= 0.3 is 0 Å². The molecule has 3 aliphatic carbocycles. The quantitative estimate of drug-likeness (QED) is 0.143. The molecule has 64 heavy (non-hydrogen) atoms. The zero-order valence-corrected chi connectivity index (χ0v) is 35.7. The van der Waals surface area contributed by atoms with E-state index in [0.717, 1.165) is 0 Å². The molecule has 0 amide bonds. The van der Waals surface area contributed by atoms with Crippen LogP contribution >= 0.6 is 0 Å². The van der Waals surface area contributed by atoms with E-state index < -0.39 is 0 Å². The standard InChI is InChI=1S/C64H48/c1-3-21-53-37-31-49-17-11-25-57(43-49)61-62-58-26-12-18-50(44-58)32-38-54-22-4-2-20-52(54)36-30-46-14-10-16-48(42-46)34-40-56-24-6-8-28-60(56)64(62)63(61)59-27-7-5-23-55(59)39-33-47-15-9-13-45(41-47)29-35-51(53)19-1/h1-44,61-64H/b35-29+,36-30+,37-31+,38-32+,39-33+,40-34+. The Morgan fingerprint density at radius 2 is 0.453 bits per heavy atom. The fourth-order valence-electron chi connectivity index (χ4n) is 10.3. The van der Waals surface area contributed by atoms with E-state index in [2.05, 4.69) is 267 Å². The molecule has 0 nitrogen and oxygen atoms in total. The van der Waals surface area contributed by atoms with Crippen LogP contribution in [0.1, 0.15) is 113 Å². The highest BCUT2D eigenvalue weighted by atomic mass is 14.6. The van der Waals surface area contributed by atoms with E-state index in [0.29, 0.717) is 0 Å². The number of fused-ring (bicyclic) bond motifs is 20. The highest BCUT2D eigenvalue weighted by Gasteiger charge is 2.53. The second-order valence-corrected chi connectivity index (χ2v) is 17.3. The lowest BCUT2D eigenvalue weighted by atomic mass is 9.48. The van der Waals surface area contributed by atoms with Gasteiger partial charge in [0.05, 0.1) is 0 Å². The summed E-state index contributed by atoms with van der Waals surface area (Å²) in [4.78, 5) is 0.